The Labute approximate surface area is 122 Å². The van der Waals surface area contributed by atoms with E-state index in [1.54, 1.807) is 29.9 Å². The van der Waals surface area contributed by atoms with Crippen molar-refractivity contribution < 1.29 is 8.42 Å². The summed E-state index contributed by atoms with van der Waals surface area (Å²) < 4.78 is 25.3. The van der Waals surface area contributed by atoms with Crippen LogP contribution < -0.4 is 5.32 Å². The number of fused-ring (bicyclic) bond motifs is 1. The van der Waals surface area contributed by atoms with Crippen molar-refractivity contribution in [3.63, 3.8) is 0 Å². The summed E-state index contributed by atoms with van der Waals surface area (Å²) >= 11 is 5.95. The van der Waals surface area contributed by atoms with Crippen LogP contribution in [-0.2, 0) is 9.84 Å². The highest BCUT2D eigenvalue weighted by Gasteiger charge is 2.53. The molecule has 108 valence electrons. The third-order valence-corrected chi connectivity index (χ3v) is 6.58. The molecule has 1 N–H and O–H groups in total. The van der Waals surface area contributed by atoms with Crippen molar-refractivity contribution >= 4 is 32.9 Å². The summed E-state index contributed by atoms with van der Waals surface area (Å²) in [6, 6.07) is 0. The van der Waals surface area contributed by atoms with Crippen molar-refractivity contribution in [2.75, 3.05) is 17.6 Å². The maximum absolute atomic E-state index is 12.1. The average molecular weight is 315 g/mol. The van der Waals surface area contributed by atoms with Gasteiger partial charge in [0.05, 0.1) is 4.75 Å². The van der Waals surface area contributed by atoms with Gasteiger partial charge in [-0.3, -0.25) is 0 Å². The summed E-state index contributed by atoms with van der Waals surface area (Å²) in [6.07, 6.45) is 6.46. The average Bonchev–Trinajstić information content (AvgIpc) is 3.08. The van der Waals surface area contributed by atoms with Crippen molar-refractivity contribution in [3.05, 3.63) is 23.7 Å². The molecule has 0 atom stereocenters. The molecule has 8 heteroatoms. The predicted molar refractivity (Wildman–Crippen MR) is 77.9 cm³/mol. The van der Waals surface area contributed by atoms with Crippen LogP contribution >= 0.6 is 11.6 Å². The first kappa shape index (κ1) is 13.6. The van der Waals surface area contributed by atoms with Crippen molar-refractivity contribution in [1.29, 1.82) is 0 Å². The number of sulfone groups is 1. The van der Waals surface area contributed by atoms with Crippen molar-refractivity contribution in [2.24, 2.45) is 0 Å². The van der Waals surface area contributed by atoms with Crippen LogP contribution in [0, 0.1) is 0 Å². The number of rotatable bonds is 5. The first-order valence-corrected chi connectivity index (χ1v) is 8.46. The molecule has 0 aliphatic heterocycles. The SMILES string of the molecule is CCS(=O)(=O)C1(CNc2nc(Cl)cn3ccnc23)CC1. The minimum Gasteiger partial charge on any atom is -0.365 e. The van der Waals surface area contributed by atoms with E-state index in [4.69, 9.17) is 11.6 Å². The van der Waals surface area contributed by atoms with Gasteiger partial charge in [-0.05, 0) is 12.8 Å². The topological polar surface area (TPSA) is 76.4 Å². The number of hydrogen-bond donors (Lipinski definition) is 1. The van der Waals surface area contributed by atoms with Gasteiger partial charge < -0.3 is 9.72 Å². The summed E-state index contributed by atoms with van der Waals surface area (Å²) in [5, 5.41) is 3.43. The highest BCUT2D eigenvalue weighted by Crippen LogP contribution is 2.44. The van der Waals surface area contributed by atoms with Crippen LogP contribution in [0.15, 0.2) is 18.6 Å². The monoisotopic (exact) mass is 314 g/mol. The number of hydrogen-bond acceptors (Lipinski definition) is 5. The van der Waals surface area contributed by atoms with E-state index < -0.39 is 14.6 Å². The van der Waals surface area contributed by atoms with Crippen LogP contribution in [0.2, 0.25) is 5.15 Å². The van der Waals surface area contributed by atoms with Crippen LogP contribution in [0.25, 0.3) is 5.65 Å². The zero-order chi connectivity index (χ0) is 14.4. The molecule has 1 aliphatic carbocycles. The second-order valence-corrected chi connectivity index (χ2v) is 8.07. The molecule has 6 nitrogen and oxygen atoms in total. The fourth-order valence-electron chi connectivity index (χ4n) is 2.31. The zero-order valence-electron chi connectivity index (χ0n) is 11.0. The Balaban J connectivity index is 1.86. The van der Waals surface area contributed by atoms with E-state index in [0.29, 0.717) is 36.0 Å². The lowest BCUT2D eigenvalue weighted by atomic mass is 10.4. The van der Waals surface area contributed by atoms with E-state index in [-0.39, 0.29) is 5.75 Å². The maximum Gasteiger partial charge on any atom is 0.180 e. The van der Waals surface area contributed by atoms with Gasteiger partial charge in [0.2, 0.25) is 0 Å². The Morgan fingerprint density at radius 1 is 1.50 bits per heavy atom. The van der Waals surface area contributed by atoms with Gasteiger partial charge in [0.25, 0.3) is 0 Å². The number of nitrogens with one attached hydrogen (secondary N) is 1. The quantitative estimate of drug-likeness (QED) is 0.910. The third-order valence-electron chi connectivity index (χ3n) is 3.77. The molecule has 0 bridgehead atoms. The molecule has 0 aromatic carbocycles. The number of imidazole rings is 1. The molecule has 1 fully saturated rings. The van der Waals surface area contributed by atoms with Crippen LogP contribution in [0.5, 0.6) is 0 Å². The molecule has 0 radical (unpaired) electrons. The predicted octanol–water partition coefficient (Wildman–Crippen LogP) is 1.76. The normalized spacial score (nSPS) is 17.3. The molecule has 2 aromatic heterocycles. The molecule has 3 rings (SSSR count). The van der Waals surface area contributed by atoms with Crippen molar-refractivity contribution in [2.45, 2.75) is 24.5 Å². The first-order valence-electron chi connectivity index (χ1n) is 6.43. The lowest BCUT2D eigenvalue weighted by Gasteiger charge is -2.16. The van der Waals surface area contributed by atoms with Crippen molar-refractivity contribution in [1.82, 2.24) is 14.4 Å². The molecule has 0 amide bonds. The van der Waals surface area contributed by atoms with E-state index in [2.05, 4.69) is 15.3 Å². The summed E-state index contributed by atoms with van der Waals surface area (Å²) in [5.74, 6) is 0.677. The molecular weight excluding hydrogens is 300 g/mol. The molecule has 0 unspecified atom stereocenters. The summed E-state index contributed by atoms with van der Waals surface area (Å²) in [4.78, 5) is 8.38. The fourth-order valence-corrected chi connectivity index (χ4v) is 4.13. The van der Waals surface area contributed by atoms with Gasteiger partial charge in [-0.25, -0.2) is 18.4 Å². The number of anilines is 1. The fraction of sp³-hybridized carbons (Fsp3) is 0.500. The Hall–Kier alpha value is -1.34. The van der Waals surface area contributed by atoms with Gasteiger partial charge in [-0.1, -0.05) is 18.5 Å². The maximum atomic E-state index is 12.1. The highest BCUT2D eigenvalue weighted by molar-refractivity contribution is 7.93. The van der Waals surface area contributed by atoms with Crippen LogP contribution in [0.4, 0.5) is 5.82 Å². The summed E-state index contributed by atoms with van der Waals surface area (Å²) in [5.41, 5.74) is 0.638. The van der Waals surface area contributed by atoms with Crippen LogP contribution in [-0.4, -0.2) is 39.8 Å². The standard InChI is InChI=1S/C12H15ClN4O2S/c1-2-20(18,19)12(3-4-12)8-15-10-11-14-5-6-17(11)7-9(13)16-10/h5-7H,2-4,8H2,1H3,(H,15,16). The third kappa shape index (κ3) is 2.14. The molecule has 1 saturated carbocycles. The van der Waals surface area contributed by atoms with Gasteiger partial charge in [0.1, 0.15) is 5.15 Å². The molecule has 1 aliphatic rings. The minimum atomic E-state index is -3.06. The summed E-state index contributed by atoms with van der Waals surface area (Å²) in [7, 11) is -3.06. The molecular formula is C12H15ClN4O2S. The molecule has 2 aromatic rings. The smallest absolute Gasteiger partial charge is 0.180 e. The van der Waals surface area contributed by atoms with Gasteiger partial charge in [0, 0.05) is 30.9 Å². The van der Waals surface area contributed by atoms with E-state index >= 15 is 0 Å². The number of nitrogens with zero attached hydrogens (tertiary/aromatic N) is 3. The zero-order valence-corrected chi connectivity index (χ0v) is 12.6. The number of halogens is 1. The first-order chi connectivity index (χ1) is 9.47. The van der Waals surface area contributed by atoms with Gasteiger partial charge in [-0.2, -0.15) is 0 Å². The van der Waals surface area contributed by atoms with E-state index in [0.717, 1.165) is 0 Å². The molecule has 0 saturated heterocycles. The largest absolute Gasteiger partial charge is 0.365 e. The summed E-state index contributed by atoms with van der Waals surface area (Å²) in [6.45, 7) is 2.03. The number of aromatic nitrogens is 3. The lowest BCUT2D eigenvalue weighted by molar-refractivity contribution is 0.580. The Morgan fingerprint density at radius 2 is 2.25 bits per heavy atom. The van der Waals surface area contributed by atoms with E-state index in [1.807, 2.05) is 0 Å². The Kier molecular flexibility index (Phi) is 3.13. The second-order valence-electron chi connectivity index (χ2n) is 5.01. The molecule has 0 spiro atoms. The Bertz CT molecular complexity index is 752. The second kappa shape index (κ2) is 4.60. The van der Waals surface area contributed by atoms with E-state index in [9.17, 15) is 8.42 Å². The molecule has 2 heterocycles. The van der Waals surface area contributed by atoms with Crippen molar-refractivity contribution in [3.8, 4) is 0 Å². The van der Waals surface area contributed by atoms with Crippen LogP contribution in [0.3, 0.4) is 0 Å². The molecule has 20 heavy (non-hydrogen) atoms. The van der Waals surface area contributed by atoms with Crippen LogP contribution in [0.1, 0.15) is 19.8 Å². The minimum absolute atomic E-state index is 0.163. The highest BCUT2D eigenvalue weighted by atomic mass is 35.5. The van der Waals surface area contributed by atoms with E-state index in [1.165, 1.54) is 0 Å². The lowest BCUT2D eigenvalue weighted by Crippen LogP contribution is -2.32. The van der Waals surface area contributed by atoms with Gasteiger partial charge >= 0.3 is 0 Å². The van der Waals surface area contributed by atoms with Gasteiger partial charge in [-0.15, -0.1) is 0 Å². The van der Waals surface area contributed by atoms with Gasteiger partial charge in [0.15, 0.2) is 21.3 Å². The Morgan fingerprint density at radius 3 is 2.90 bits per heavy atom.